The largest absolute Gasteiger partial charge is 0.373 e. The van der Waals surface area contributed by atoms with Gasteiger partial charge in [-0.05, 0) is 13.0 Å². The van der Waals surface area contributed by atoms with Crippen molar-refractivity contribution in [1.29, 1.82) is 0 Å². The summed E-state index contributed by atoms with van der Waals surface area (Å²) in [6.45, 7) is 2.59. The van der Waals surface area contributed by atoms with Gasteiger partial charge in [0, 0.05) is 18.9 Å². The van der Waals surface area contributed by atoms with E-state index in [2.05, 4.69) is 15.1 Å². The van der Waals surface area contributed by atoms with E-state index in [4.69, 9.17) is 15.0 Å². The second-order valence-corrected chi connectivity index (χ2v) is 4.70. The van der Waals surface area contributed by atoms with Crippen LogP contribution in [0, 0.1) is 0 Å². The third-order valence-corrected chi connectivity index (χ3v) is 3.42. The van der Waals surface area contributed by atoms with E-state index >= 15 is 0 Å². The minimum Gasteiger partial charge on any atom is -0.373 e. The predicted molar refractivity (Wildman–Crippen MR) is 68.2 cm³/mol. The van der Waals surface area contributed by atoms with Gasteiger partial charge in [0.25, 0.3) is 5.89 Å². The lowest BCUT2D eigenvalue weighted by Gasteiger charge is -2.05. The average molecular weight is 268 g/mol. The van der Waals surface area contributed by atoms with Crippen LogP contribution in [0.5, 0.6) is 0 Å². The molecule has 0 bridgehead atoms. The molecule has 2 N–H and O–H groups in total. The van der Waals surface area contributed by atoms with Gasteiger partial charge >= 0.3 is 0 Å². The molecule has 2 rings (SSSR count). The maximum absolute atomic E-state index is 5.49. The summed E-state index contributed by atoms with van der Waals surface area (Å²) in [6.07, 6.45) is 1.43. The van der Waals surface area contributed by atoms with Crippen LogP contribution >= 0.6 is 11.3 Å². The van der Waals surface area contributed by atoms with E-state index in [9.17, 15) is 0 Å². The lowest BCUT2D eigenvalue weighted by Crippen LogP contribution is -2.02. The van der Waals surface area contributed by atoms with Crippen molar-refractivity contribution < 1.29 is 9.26 Å². The van der Waals surface area contributed by atoms with Gasteiger partial charge in [-0.25, -0.2) is 4.98 Å². The molecule has 2 heterocycles. The molecule has 0 fully saturated rings. The molecule has 0 saturated carbocycles. The summed E-state index contributed by atoms with van der Waals surface area (Å²) in [7, 11) is 1.63. The molecule has 2 aromatic rings. The molecule has 6 nitrogen and oxygen atoms in total. The number of nitrogens with two attached hydrogens (primary N) is 1. The summed E-state index contributed by atoms with van der Waals surface area (Å²) < 4.78 is 10.5. The highest BCUT2D eigenvalue weighted by Crippen LogP contribution is 2.23. The lowest BCUT2D eigenvalue weighted by atomic mass is 10.2. The fraction of sp³-hybridized carbons (Fsp3) is 0.545. The monoisotopic (exact) mass is 268 g/mol. The van der Waals surface area contributed by atoms with Crippen molar-refractivity contribution in [1.82, 2.24) is 15.1 Å². The summed E-state index contributed by atoms with van der Waals surface area (Å²) in [5.41, 5.74) is 6.19. The van der Waals surface area contributed by atoms with E-state index in [0.717, 1.165) is 17.8 Å². The van der Waals surface area contributed by atoms with Gasteiger partial charge in [0.2, 0.25) is 5.82 Å². The number of methoxy groups -OCH3 is 1. The first-order chi connectivity index (χ1) is 8.78. The molecule has 0 saturated heterocycles. The first-order valence-corrected chi connectivity index (χ1v) is 6.67. The normalized spacial score (nSPS) is 12.8. The maximum Gasteiger partial charge on any atom is 0.277 e. The molecule has 1 unspecified atom stereocenters. The Balaban J connectivity index is 2.17. The van der Waals surface area contributed by atoms with Gasteiger partial charge in [-0.2, -0.15) is 4.98 Å². The van der Waals surface area contributed by atoms with E-state index in [1.165, 1.54) is 0 Å². The van der Waals surface area contributed by atoms with Crippen LogP contribution in [0.2, 0.25) is 0 Å². The Hall–Kier alpha value is -1.31. The summed E-state index contributed by atoms with van der Waals surface area (Å²) in [4.78, 5) is 8.70. The Morgan fingerprint density at radius 2 is 2.33 bits per heavy atom. The topological polar surface area (TPSA) is 87.1 Å². The highest BCUT2D eigenvalue weighted by Gasteiger charge is 2.18. The van der Waals surface area contributed by atoms with Crippen LogP contribution in [-0.4, -0.2) is 28.8 Å². The molecule has 0 radical (unpaired) electrons. The summed E-state index contributed by atoms with van der Waals surface area (Å²) in [5.74, 6) is 0.989. The fourth-order valence-electron chi connectivity index (χ4n) is 1.57. The number of hydrogen-bond acceptors (Lipinski definition) is 7. The van der Waals surface area contributed by atoms with E-state index in [1.807, 2.05) is 12.3 Å². The Kier molecular flexibility index (Phi) is 4.40. The van der Waals surface area contributed by atoms with Crippen molar-refractivity contribution in [3.05, 3.63) is 16.2 Å². The second-order valence-electron chi connectivity index (χ2n) is 3.76. The average Bonchev–Trinajstić information content (AvgIpc) is 3.00. The van der Waals surface area contributed by atoms with E-state index in [0.29, 0.717) is 24.0 Å². The van der Waals surface area contributed by atoms with Crippen LogP contribution in [0.4, 0.5) is 0 Å². The molecule has 0 aliphatic heterocycles. The minimum absolute atomic E-state index is 0.135. The van der Waals surface area contributed by atoms with Crippen LogP contribution in [-0.2, 0) is 11.2 Å². The smallest absolute Gasteiger partial charge is 0.277 e. The van der Waals surface area contributed by atoms with Gasteiger partial charge in [0.1, 0.15) is 11.8 Å². The van der Waals surface area contributed by atoms with Crippen molar-refractivity contribution in [3.8, 4) is 11.6 Å². The maximum atomic E-state index is 5.49. The SMILES string of the molecule is CCC(OC)c1noc(-c2csc(CCN)n2)n1. The van der Waals surface area contributed by atoms with Gasteiger partial charge in [-0.1, -0.05) is 12.1 Å². The molecule has 0 aromatic carbocycles. The number of aromatic nitrogens is 3. The van der Waals surface area contributed by atoms with Crippen LogP contribution in [0.25, 0.3) is 11.6 Å². The molecular formula is C11H16N4O2S. The van der Waals surface area contributed by atoms with Crippen molar-refractivity contribution in [2.45, 2.75) is 25.9 Å². The van der Waals surface area contributed by atoms with Crippen LogP contribution < -0.4 is 5.73 Å². The summed E-state index contributed by atoms with van der Waals surface area (Å²) >= 11 is 1.55. The molecule has 2 aromatic heterocycles. The number of ether oxygens (including phenoxy) is 1. The molecule has 0 amide bonds. The Labute approximate surface area is 109 Å². The number of thiazole rings is 1. The van der Waals surface area contributed by atoms with Crippen LogP contribution in [0.15, 0.2) is 9.90 Å². The van der Waals surface area contributed by atoms with Gasteiger partial charge in [-0.15, -0.1) is 11.3 Å². The fourth-order valence-corrected chi connectivity index (χ4v) is 2.36. The molecule has 0 aliphatic carbocycles. The Morgan fingerprint density at radius 1 is 1.50 bits per heavy atom. The molecule has 0 aliphatic rings. The molecule has 98 valence electrons. The Bertz CT molecular complexity index is 493. The first-order valence-electron chi connectivity index (χ1n) is 5.79. The van der Waals surface area contributed by atoms with E-state index in [-0.39, 0.29) is 6.10 Å². The number of hydrogen-bond donors (Lipinski definition) is 1. The van der Waals surface area contributed by atoms with E-state index in [1.54, 1.807) is 18.4 Å². The van der Waals surface area contributed by atoms with Gasteiger partial charge < -0.3 is 15.0 Å². The molecular weight excluding hydrogens is 252 g/mol. The molecule has 0 spiro atoms. The van der Waals surface area contributed by atoms with Gasteiger partial charge in [0.05, 0.1) is 5.01 Å². The third-order valence-electron chi connectivity index (χ3n) is 2.51. The molecule has 7 heteroatoms. The van der Waals surface area contributed by atoms with Gasteiger partial charge in [-0.3, -0.25) is 0 Å². The minimum atomic E-state index is -0.135. The molecule has 18 heavy (non-hydrogen) atoms. The predicted octanol–water partition coefficient (Wildman–Crippen LogP) is 1.79. The zero-order valence-corrected chi connectivity index (χ0v) is 11.2. The zero-order valence-electron chi connectivity index (χ0n) is 10.4. The second kappa shape index (κ2) is 6.03. The third kappa shape index (κ3) is 2.74. The standard InChI is InChI=1S/C11H16N4O2S/c1-3-8(16-2)10-14-11(17-15-10)7-6-18-9(13-7)4-5-12/h6,8H,3-5,12H2,1-2H3. The van der Waals surface area contributed by atoms with Gasteiger partial charge in [0.15, 0.2) is 0 Å². The highest BCUT2D eigenvalue weighted by atomic mass is 32.1. The van der Waals surface area contributed by atoms with Crippen molar-refractivity contribution in [3.63, 3.8) is 0 Å². The van der Waals surface area contributed by atoms with Crippen molar-refractivity contribution in [2.75, 3.05) is 13.7 Å². The lowest BCUT2D eigenvalue weighted by molar-refractivity contribution is 0.0903. The van der Waals surface area contributed by atoms with Crippen molar-refractivity contribution in [2.24, 2.45) is 5.73 Å². The first kappa shape index (κ1) is 13.1. The Morgan fingerprint density at radius 3 is 3.00 bits per heavy atom. The zero-order chi connectivity index (χ0) is 13.0. The summed E-state index contributed by atoms with van der Waals surface area (Å²) in [5, 5.41) is 6.80. The van der Waals surface area contributed by atoms with Crippen LogP contribution in [0.1, 0.15) is 30.3 Å². The quantitative estimate of drug-likeness (QED) is 0.859. The van der Waals surface area contributed by atoms with Crippen LogP contribution in [0.3, 0.4) is 0 Å². The highest BCUT2D eigenvalue weighted by molar-refractivity contribution is 7.09. The number of rotatable bonds is 6. The number of nitrogens with zero attached hydrogens (tertiary/aromatic N) is 3. The summed E-state index contributed by atoms with van der Waals surface area (Å²) in [6, 6.07) is 0. The van der Waals surface area contributed by atoms with Crippen molar-refractivity contribution >= 4 is 11.3 Å². The van der Waals surface area contributed by atoms with E-state index < -0.39 is 0 Å². The molecule has 1 atom stereocenters.